The van der Waals surface area contributed by atoms with E-state index in [9.17, 15) is 4.79 Å². The van der Waals surface area contributed by atoms with Gasteiger partial charge < -0.3 is 4.90 Å². The summed E-state index contributed by atoms with van der Waals surface area (Å²) in [4.78, 5) is 15.4. The smallest absolute Gasteiger partial charge is 0.254 e. The quantitative estimate of drug-likeness (QED) is 0.735. The van der Waals surface area contributed by atoms with Gasteiger partial charge in [-0.25, -0.2) is 0 Å². The summed E-state index contributed by atoms with van der Waals surface area (Å²) in [6.45, 7) is 7.97. The molecule has 2 nitrogen and oxygen atoms in total. The van der Waals surface area contributed by atoms with E-state index in [1.54, 1.807) is 0 Å². The van der Waals surface area contributed by atoms with Gasteiger partial charge in [0.25, 0.3) is 5.91 Å². The Morgan fingerprint density at radius 3 is 2.61 bits per heavy atom. The minimum Gasteiger partial charge on any atom is -0.335 e. The first-order chi connectivity index (χ1) is 10.9. The maximum atomic E-state index is 13.3. The molecule has 2 aliphatic rings. The van der Waals surface area contributed by atoms with Crippen LogP contribution in [0.25, 0.3) is 10.8 Å². The number of fused-ring (bicyclic) bond motifs is 3. The summed E-state index contributed by atoms with van der Waals surface area (Å²) in [7, 11) is 0. The molecule has 0 aromatic heterocycles. The van der Waals surface area contributed by atoms with Gasteiger partial charge in [-0.05, 0) is 46.9 Å². The highest BCUT2D eigenvalue weighted by atomic mass is 16.2. The number of nitrogens with zero attached hydrogens (tertiary/aromatic N) is 1. The van der Waals surface area contributed by atoms with Crippen LogP contribution in [0.4, 0.5) is 0 Å². The molecular weight excluding hydrogens is 282 g/mol. The molecule has 0 N–H and O–H groups in total. The summed E-state index contributed by atoms with van der Waals surface area (Å²) in [5.74, 6) is 0.216. The van der Waals surface area contributed by atoms with E-state index >= 15 is 0 Å². The van der Waals surface area contributed by atoms with Crippen molar-refractivity contribution in [2.45, 2.75) is 46.1 Å². The van der Waals surface area contributed by atoms with Crippen molar-refractivity contribution >= 4 is 16.7 Å². The monoisotopic (exact) mass is 307 g/mol. The van der Waals surface area contributed by atoms with Crippen LogP contribution in [0.15, 0.2) is 42.5 Å². The molecular formula is C21H25NO. The maximum absolute atomic E-state index is 13.3. The lowest BCUT2D eigenvalue weighted by Crippen LogP contribution is -2.37. The van der Waals surface area contributed by atoms with Crippen molar-refractivity contribution in [1.29, 1.82) is 0 Å². The number of carbonyl (C=O) groups is 1. The predicted octanol–water partition coefficient (Wildman–Crippen LogP) is 4.88. The Bertz CT molecular complexity index is 773. The van der Waals surface area contributed by atoms with Crippen LogP contribution in [0.1, 0.15) is 50.4 Å². The van der Waals surface area contributed by atoms with Crippen LogP contribution in [0.2, 0.25) is 0 Å². The van der Waals surface area contributed by atoms with Crippen molar-refractivity contribution < 1.29 is 4.79 Å². The van der Waals surface area contributed by atoms with Gasteiger partial charge in [-0.3, -0.25) is 4.79 Å². The summed E-state index contributed by atoms with van der Waals surface area (Å²) in [6, 6.07) is 14.7. The third-order valence-corrected chi connectivity index (χ3v) is 5.70. The third-order valence-electron chi connectivity index (χ3n) is 5.70. The fraction of sp³-hybridized carbons (Fsp3) is 0.476. The molecule has 1 heterocycles. The van der Waals surface area contributed by atoms with Gasteiger partial charge in [-0.15, -0.1) is 0 Å². The number of carbonyl (C=O) groups excluding carboxylic acids is 1. The highest BCUT2D eigenvalue weighted by molar-refractivity contribution is 6.07. The van der Waals surface area contributed by atoms with Gasteiger partial charge in [0.05, 0.1) is 0 Å². The van der Waals surface area contributed by atoms with Gasteiger partial charge in [0.2, 0.25) is 0 Å². The topological polar surface area (TPSA) is 20.3 Å². The van der Waals surface area contributed by atoms with E-state index in [0.29, 0.717) is 11.5 Å². The Morgan fingerprint density at radius 1 is 1.04 bits per heavy atom. The number of benzene rings is 2. The molecule has 2 fully saturated rings. The summed E-state index contributed by atoms with van der Waals surface area (Å²) < 4.78 is 0. The van der Waals surface area contributed by atoms with Gasteiger partial charge in [-0.2, -0.15) is 0 Å². The first-order valence-corrected chi connectivity index (χ1v) is 8.66. The van der Waals surface area contributed by atoms with Crippen LogP contribution in [-0.2, 0) is 0 Å². The summed E-state index contributed by atoms with van der Waals surface area (Å²) >= 11 is 0. The highest BCUT2D eigenvalue weighted by Crippen LogP contribution is 2.52. The maximum Gasteiger partial charge on any atom is 0.254 e. The Morgan fingerprint density at radius 2 is 1.78 bits per heavy atom. The van der Waals surface area contributed by atoms with E-state index in [-0.39, 0.29) is 11.3 Å². The molecule has 2 bridgehead atoms. The lowest BCUT2D eigenvalue weighted by atomic mass is 9.65. The van der Waals surface area contributed by atoms with Crippen LogP contribution in [-0.4, -0.2) is 23.4 Å². The molecule has 0 spiro atoms. The lowest BCUT2D eigenvalue weighted by Gasteiger charge is -2.39. The second-order valence-electron chi connectivity index (χ2n) is 8.67. The molecule has 4 rings (SSSR count). The SMILES string of the molecule is CC1(C)CC2CC(C)(CN2C(=O)c2cccc3ccccc23)C1. The largest absolute Gasteiger partial charge is 0.335 e. The summed E-state index contributed by atoms with van der Waals surface area (Å²) in [5.41, 5.74) is 1.48. The third kappa shape index (κ3) is 2.45. The fourth-order valence-corrected chi connectivity index (χ4v) is 5.26. The lowest BCUT2D eigenvalue weighted by molar-refractivity contribution is 0.0710. The zero-order valence-electron chi connectivity index (χ0n) is 14.3. The molecule has 1 amide bonds. The van der Waals surface area contributed by atoms with E-state index in [4.69, 9.17) is 0 Å². The van der Waals surface area contributed by atoms with Crippen LogP contribution in [0.5, 0.6) is 0 Å². The molecule has 2 heteroatoms. The van der Waals surface area contributed by atoms with E-state index in [1.807, 2.05) is 24.3 Å². The van der Waals surface area contributed by atoms with Crippen LogP contribution >= 0.6 is 0 Å². The Balaban J connectivity index is 1.72. The summed E-state index contributed by atoms with van der Waals surface area (Å²) in [5, 5.41) is 2.22. The van der Waals surface area contributed by atoms with Crippen LogP contribution in [0, 0.1) is 10.8 Å². The molecule has 1 aliphatic heterocycles. The second kappa shape index (κ2) is 4.83. The normalized spacial score (nSPS) is 29.0. The molecule has 2 aromatic rings. The van der Waals surface area contributed by atoms with E-state index in [0.717, 1.165) is 35.7 Å². The molecule has 120 valence electrons. The van der Waals surface area contributed by atoms with Gasteiger partial charge in [0, 0.05) is 18.2 Å². The number of rotatable bonds is 1. The Labute approximate surface area is 138 Å². The predicted molar refractivity (Wildman–Crippen MR) is 94.5 cm³/mol. The molecule has 1 saturated heterocycles. The van der Waals surface area contributed by atoms with Crippen LogP contribution in [0.3, 0.4) is 0 Å². The number of hydrogen-bond acceptors (Lipinski definition) is 1. The van der Waals surface area contributed by atoms with Crippen LogP contribution < -0.4 is 0 Å². The zero-order valence-corrected chi connectivity index (χ0v) is 14.3. The molecule has 1 saturated carbocycles. The molecule has 2 unspecified atom stereocenters. The van der Waals surface area contributed by atoms with Gasteiger partial charge >= 0.3 is 0 Å². The molecule has 2 atom stereocenters. The Hall–Kier alpha value is -1.83. The fourth-order valence-electron chi connectivity index (χ4n) is 5.26. The molecule has 0 radical (unpaired) electrons. The van der Waals surface area contributed by atoms with E-state index in [2.05, 4.69) is 43.9 Å². The Kier molecular flexibility index (Phi) is 3.10. The van der Waals surface area contributed by atoms with Crippen molar-refractivity contribution in [3.63, 3.8) is 0 Å². The molecule has 1 aliphatic carbocycles. The minimum absolute atomic E-state index is 0.216. The molecule has 2 aromatic carbocycles. The zero-order chi connectivity index (χ0) is 16.2. The van der Waals surface area contributed by atoms with Crippen molar-refractivity contribution in [2.75, 3.05) is 6.54 Å². The van der Waals surface area contributed by atoms with Gasteiger partial charge in [0.1, 0.15) is 0 Å². The van der Waals surface area contributed by atoms with Crippen molar-refractivity contribution in [2.24, 2.45) is 10.8 Å². The van der Waals surface area contributed by atoms with E-state index < -0.39 is 0 Å². The highest BCUT2D eigenvalue weighted by Gasteiger charge is 2.51. The number of likely N-dealkylation sites (tertiary alicyclic amines) is 1. The molecule has 23 heavy (non-hydrogen) atoms. The minimum atomic E-state index is 0.216. The van der Waals surface area contributed by atoms with Crippen molar-refractivity contribution in [3.05, 3.63) is 48.0 Å². The standard InChI is InChI=1S/C21H25NO/c1-20(2)11-16-12-21(3,13-20)14-22(16)19(23)18-10-6-8-15-7-4-5-9-17(15)18/h4-10,16H,11-14H2,1-3H3. The number of hydrogen-bond donors (Lipinski definition) is 0. The summed E-state index contributed by atoms with van der Waals surface area (Å²) in [6.07, 6.45) is 3.50. The van der Waals surface area contributed by atoms with Crippen molar-refractivity contribution in [3.8, 4) is 0 Å². The number of amides is 1. The van der Waals surface area contributed by atoms with Gasteiger partial charge in [0.15, 0.2) is 0 Å². The second-order valence-corrected chi connectivity index (χ2v) is 8.67. The first-order valence-electron chi connectivity index (χ1n) is 8.66. The average molecular weight is 307 g/mol. The first kappa shape index (κ1) is 14.7. The van der Waals surface area contributed by atoms with E-state index in [1.165, 1.54) is 6.42 Å². The average Bonchev–Trinajstić information content (AvgIpc) is 2.75. The van der Waals surface area contributed by atoms with Gasteiger partial charge in [-0.1, -0.05) is 57.2 Å². The van der Waals surface area contributed by atoms with Crippen molar-refractivity contribution in [1.82, 2.24) is 4.90 Å².